The zero-order chi connectivity index (χ0) is 22.8. The van der Waals surface area contributed by atoms with Crippen LogP contribution in [0, 0.1) is 0 Å². The molecule has 0 aromatic rings. The fraction of sp³-hybridized carbons (Fsp3) is 0.962. The minimum absolute atomic E-state index is 0.0166. The molecule has 0 aliphatic heterocycles. The van der Waals surface area contributed by atoms with Crippen molar-refractivity contribution in [3.8, 4) is 0 Å². The number of carbonyl (C=O) groups is 1. The second-order valence-corrected chi connectivity index (χ2v) is 9.81. The van der Waals surface area contributed by atoms with Gasteiger partial charge in [0.2, 0.25) is 0 Å². The summed E-state index contributed by atoms with van der Waals surface area (Å²) in [5.41, 5.74) is 0. The van der Waals surface area contributed by atoms with E-state index in [1.807, 2.05) is 0 Å². The Kier molecular flexibility index (Phi) is 25.5. The number of methoxy groups -OCH3 is 2. The lowest BCUT2D eigenvalue weighted by Crippen LogP contribution is -2.12. The number of hydrogen-bond donors (Lipinski definition) is 0. The van der Waals surface area contributed by atoms with Gasteiger partial charge in [-0.05, 0) is 25.3 Å². The van der Waals surface area contributed by atoms with E-state index in [9.17, 15) is 4.79 Å². The van der Waals surface area contributed by atoms with Crippen molar-refractivity contribution in [2.45, 2.75) is 148 Å². The van der Waals surface area contributed by atoms with E-state index in [0.29, 0.717) is 16.2 Å². The normalized spacial score (nSPS) is 11.4. The molecule has 31 heavy (non-hydrogen) atoms. The zero-order valence-electron chi connectivity index (χ0n) is 21.1. The second kappa shape index (κ2) is 25.9. The summed E-state index contributed by atoms with van der Waals surface area (Å²) in [4.78, 5) is 11.7. The topological polar surface area (TPSA) is 44.8 Å². The standard InChI is InChI=1S/C26H52O4Si/c1-4-5-6-21-24-31-30-25(27)22-19-17-15-13-11-9-7-8-10-12-14-16-18-20-23-26(28-2)29-3/h26H,4-24H2,1-3H3. The Bertz CT molecular complexity index is 361. The second-order valence-electron chi connectivity index (χ2n) is 8.82. The molecule has 2 radical (unpaired) electrons. The summed E-state index contributed by atoms with van der Waals surface area (Å²) in [6.45, 7) is 2.22. The summed E-state index contributed by atoms with van der Waals surface area (Å²) in [7, 11) is 3.80. The van der Waals surface area contributed by atoms with Gasteiger partial charge in [-0.25, -0.2) is 0 Å². The Balaban J connectivity index is 3.16. The predicted molar refractivity (Wildman–Crippen MR) is 132 cm³/mol. The minimum Gasteiger partial charge on any atom is -0.516 e. The molecule has 4 nitrogen and oxygen atoms in total. The molecule has 0 bridgehead atoms. The predicted octanol–water partition coefficient (Wildman–Crippen LogP) is 8.01. The average Bonchev–Trinajstić information content (AvgIpc) is 2.78. The summed E-state index contributed by atoms with van der Waals surface area (Å²) in [5.74, 6) is 0.0166. The van der Waals surface area contributed by atoms with Crippen LogP contribution in [-0.4, -0.2) is 36.2 Å². The Hall–Kier alpha value is -0.393. The van der Waals surface area contributed by atoms with Gasteiger partial charge < -0.3 is 13.9 Å². The van der Waals surface area contributed by atoms with E-state index in [0.717, 1.165) is 18.9 Å². The lowest BCUT2D eigenvalue weighted by atomic mass is 10.0. The molecule has 0 rings (SSSR count). The van der Waals surface area contributed by atoms with Crippen molar-refractivity contribution in [3.63, 3.8) is 0 Å². The molecule has 0 saturated carbocycles. The highest BCUT2D eigenvalue weighted by Gasteiger charge is 2.04. The van der Waals surface area contributed by atoms with Gasteiger partial charge in [-0.15, -0.1) is 0 Å². The van der Waals surface area contributed by atoms with Gasteiger partial charge in [0.15, 0.2) is 6.29 Å². The SMILES string of the molecule is CCCCCC[Si]OC(=O)CCCCCCCCCCCCCCCCC(OC)OC. The minimum atomic E-state index is -0.0216. The van der Waals surface area contributed by atoms with Crippen molar-refractivity contribution >= 4 is 15.7 Å². The molecule has 0 aliphatic rings. The number of carbonyl (C=O) groups excluding carboxylic acids is 1. The average molecular weight is 457 g/mol. The van der Waals surface area contributed by atoms with Gasteiger partial charge in [-0.1, -0.05) is 110 Å². The van der Waals surface area contributed by atoms with E-state index in [-0.39, 0.29) is 12.3 Å². The van der Waals surface area contributed by atoms with Crippen LogP contribution in [-0.2, 0) is 18.7 Å². The molecule has 0 aromatic heterocycles. The largest absolute Gasteiger partial charge is 0.516 e. The van der Waals surface area contributed by atoms with Gasteiger partial charge in [-0.2, -0.15) is 0 Å². The number of rotatable bonds is 25. The van der Waals surface area contributed by atoms with E-state index in [1.54, 1.807) is 14.2 Å². The lowest BCUT2D eigenvalue weighted by molar-refractivity contribution is -0.134. The van der Waals surface area contributed by atoms with Crippen molar-refractivity contribution in [1.29, 1.82) is 0 Å². The van der Waals surface area contributed by atoms with Crippen molar-refractivity contribution in [2.24, 2.45) is 0 Å². The van der Waals surface area contributed by atoms with Gasteiger partial charge >= 0.3 is 9.76 Å². The van der Waals surface area contributed by atoms with Crippen LogP contribution in [0.5, 0.6) is 0 Å². The Labute approximate surface area is 196 Å². The van der Waals surface area contributed by atoms with E-state index in [4.69, 9.17) is 13.9 Å². The maximum atomic E-state index is 11.7. The summed E-state index contributed by atoms with van der Waals surface area (Å²) in [6, 6.07) is 1.05. The van der Waals surface area contributed by atoms with Crippen LogP contribution in [0.4, 0.5) is 0 Å². The van der Waals surface area contributed by atoms with Crippen LogP contribution < -0.4 is 0 Å². The van der Waals surface area contributed by atoms with Crippen molar-refractivity contribution in [1.82, 2.24) is 0 Å². The van der Waals surface area contributed by atoms with Crippen molar-refractivity contribution < 1.29 is 18.7 Å². The molecular weight excluding hydrogens is 404 g/mol. The summed E-state index contributed by atoms with van der Waals surface area (Å²) in [5, 5.41) is 0. The molecule has 0 saturated heterocycles. The van der Waals surface area contributed by atoms with E-state index < -0.39 is 0 Å². The quantitative estimate of drug-likeness (QED) is 0.0792. The summed E-state index contributed by atoms with van der Waals surface area (Å²) >= 11 is 0. The highest BCUT2D eigenvalue weighted by Crippen LogP contribution is 2.14. The van der Waals surface area contributed by atoms with Crippen LogP contribution >= 0.6 is 0 Å². The van der Waals surface area contributed by atoms with Crippen LogP contribution in [0.2, 0.25) is 6.04 Å². The van der Waals surface area contributed by atoms with E-state index in [2.05, 4.69) is 6.92 Å². The number of unbranched alkanes of at least 4 members (excludes halogenated alkanes) is 16. The first-order valence-electron chi connectivity index (χ1n) is 13.2. The van der Waals surface area contributed by atoms with Crippen LogP contribution in [0.3, 0.4) is 0 Å². The molecule has 0 aliphatic carbocycles. The molecule has 0 spiro atoms. The zero-order valence-corrected chi connectivity index (χ0v) is 22.1. The van der Waals surface area contributed by atoms with Gasteiger partial charge in [0.05, 0.1) is 0 Å². The molecule has 0 amide bonds. The molecule has 0 heterocycles. The fourth-order valence-electron chi connectivity index (χ4n) is 3.84. The van der Waals surface area contributed by atoms with Gasteiger partial charge in [0, 0.05) is 20.6 Å². The highest BCUT2D eigenvalue weighted by molar-refractivity contribution is 6.30. The smallest absolute Gasteiger partial charge is 0.314 e. The van der Waals surface area contributed by atoms with Crippen molar-refractivity contribution in [2.75, 3.05) is 14.2 Å². The maximum Gasteiger partial charge on any atom is 0.314 e. The summed E-state index contributed by atoms with van der Waals surface area (Å²) in [6.07, 6.45) is 24.8. The number of hydrogen-bond acceptors (Lipinski definition) is 4. The number of ether oxygens (including phenoxy) is 2. The molecule has 0 atom stereocenters. The molecule has 5 heteroatoms. The van der Waals surface area contributed by atoms with Gasteiger partial charge in [0.1, 0.15) is 0 Å². The lowest BCUT2D eigenvalue weighted by Gasteiger charge is -2.12. The van der Waals surface area contributed by atoms with Crippen molar-refractivity contribution in [3.05, 3.63) is 0 Å². The third kappa shape index (κ3) is 24.1. The third-order valence-electron chi connectivity index (χ3n) is 5.91. The van der Waals surface area contributed by atoms with Crippen LogP contribution in [0.25, 0.3) is 0 Å². The fourth-order valence-corrected chi connectivity index (χ4v) is 4.60. The molecule has 0 fully saturated rings. The van der Waals surface area contributed by atoms with E-state index in [1.165, 1.54) is 109 Å². The third-order valence-corrected chi connectivity index (χ3v) is 6.84. The Morgan fingerprint density at radius 3 is 1.58 bits per heavy atom. The monoisotopic (exact) mass is 456 g/mol. The van der Waals surface area contributed by atoms with Gasteiger partial charge in [0.25, 0.3) is 5.97 Å². The first-order valence-corrected chi connectivity index (χ1v) is 14.3. The van der Waals surface area contributed by atoms with Crippen LogP contribution in [0.15, 0.2) is 0 Å². The van der Waals surface area contributed by atoms with Crippen LogP contribution in [0.1, 0.15) is 135 Å². The molecule has 0 unspecified atom stereocenters. The first kappa shape index (κ1) is 30.6. The Morgan fingerprint density at radius 2 is 1.10 bits per heavy atom. The van der Waals surface area contributed by atoms with E-state index >= 15 is 0 Å². The molecule has 0 N–H and O–H groups in total. The highest BCUT2D eigenvalue weighted by atomic mass is 28.2. The summed E-state index contributed by atoms with van der Waals surface area (Å²) < 4.78 is 15.8. The molecule has 0 aromatic carbocycles. The maximum absolute atomic E-state index is 11.7. The first-order chi connectivity index (χ1) is 15.2. The Morgan fingerprint density at radius 1 is 0.645 bits per heavy atom. The molecular formula is C26H52O4Si. The van der Waals surface area contributed by atoms with Gasteiger partial charge in [-0.3, -0.25) is 4.79 Å². The molecule has 184 valence electrons.